The van der Waals surface area contributed by atoms with Crippen molar-refractivity contribution in [3.05, 3.63) is 30.3 Å². The lowest BCUT2D eigenvalue weighted by molar-refractivity contribution is -0.00000445. The SMILES string of the molecule is CCCC[P+](CCCC)(CCCC)Nc1ccccc1.[I-]. The average molecular weight is 421 g/mol. The molecule has 0 fully saturated rings. The zero-order chi connectivity index (χ0) is 14.7. The first kappa shape index (κ1) is 21.2. The maximum atomic E-state index is 4.01. The van der Waals surface area contributed by atoms with Crippen molar-refractivity contribution < 1.29 is 24.0 Å². The summed E-state index contributed by atoms with van der Waals surface area (Å²) in [6, 6.07) is 10.9. The standard InChI is InChI=1S/C18H33NP.HI/c1-4-7-15-20(16-8-5-2,17-9-6-3)19-18-13-11-10-12-14-18;/h10-14,19H,4-9,15-17H2,1-3H3;1H/q+1;/p-1. The van der Waals surface area contributed by atoms with E-state index in [2.05, 4.69) is 56.2 Å². The lowest BCUT2D eigenvalue weighted by Gasteiger charge is -2.29. The van der Waals surface area contributed by atoms with Crippen LogP contribution in [0.1, 0.15) is 59.3 Å². The van der Waals surface area contributed by atoms with Crippen molar-refractivity contribution in [3.63, 3.8) is 0 Å². The van der Waals surface area contributed by atoms with Gasteiger partial charge in [0.25, 0.3) is 0 Å². The molecule has 0 atom stereocenters. The minimum absolute atomic E-state index is 0. The second-order valence-electron chi connectivity index (χ2n) is 5.85. The maximum Gasteiger partial charge on any atom is 0.102 e. The van der Waals surface area contributed by atoms with Crippen molar-refractivity contribution in [1.29, 1.82) is 0 Å². The van der Waals surface area contributed by atoms with E-state index in [1.165, 1.54) is 62.7 Å². The zero-order valence-corrected chi connectivity index (χ0v) is 17.1. The molecule has 1 rings (SSSR count). The predicted octanol–water partition coefficient (Wildman–Crippen LogP) is 3.44. The number of rotatable bonds is 11. The van der Waals surface area contributed by atoms with Gasteiger partial charge >= 0.3 is 0 Å². The highest BCUT2D eigenvalue weighted by Crippen LogP contribution is 2.59. The molecule has 0 bridgehead atoms. The van der Waals surface area contributed by atoms with E-state index in [1.807, 2.05) is 0 Å². The van der Waals surface area contributed by atoms with Crippen LogP contribution in [0, 0.1) is 0 Å². The molecule has 0 saturated heterocycles. The molecule has 1 nitrogen and oxygen atoms in total. The number of hydrogen-bond acceptors (Lipinski definition) is 1. The maximum absolute atomic E-state index is 4.01. The molecule has 0 amide bonds. The van der Waals surface area contributed by atoms with Gasteiger partial charge in [-0.2, -0.15) is 0 Å². The van der Waals surface area contributed by atoms with Crippen LogP contribution < -0.4 is 29.1 Å². The van der Waals surface area contributed by atoms with Crippen LogP contribution in [-0.4, -0.2) is 18.5 Å². The Morgan fingerprint density at radius 2 is 1.19 bits per heavy atom. The number of anilines is 1. The minimum atomic E-state index is -1.02. The molecule has 21 heavy (non-hydrogen) atoms. The van der Waals surface area contributed by atoms with E-state index in [1.54, 1.807) is 0 Å². The fraction of sp³-hybridized carbons (Fsp3) is 0.667. The van der Waals surface area contributed by atoms with Crippen LogP contribution in [0.5, 0.6) is 0 Å². The van der Waals surface area contributed by atoms with Gasteiger partial charge in [-0.15, -0.1) is 0 Å². The zero-order valence-electron chi connectivity index (χ0n) is 14.1. The third-order valence-corrected chi connectivity index (χ3v) is 8.21. The molecule has 122 valence electrons. The molecule has 0 spiro atoms. The summed E-state index contributed by atoms with van der Waals surface area (Å²) in [5.41, 5.74) is 1.34. The Labute approximate surface area is 150 Å². The van der Waals surface area contributed by atoms with Crippen molar-refractivity contribution in [3.8, 4) is 0 Å². The van der Waals surface area contributed by atoms with Gasteiger partial charge in [0.15, 0.2) is 0 Å². The fourth-order valence-electron chi connectivity index (χ4n) is 2.67. The van der Waals surface area contributed by atoms with E-state index in [0.29, 0.717) is 0 Å². The van der Waals surface area contributed by atoms with Crippen molar-refractivity contribution >= 4 is 13.1 Å². The Morgan fingerprint density at radius 3 is 1.57 bits per heavy atom. The van der Waals surface area contributed by atoms with Crippen LogP contribution in [0.15, 0.2) is 30.3 Å². The van der Waals surface area contributed by atoms with Crippen LogP contribution in [0.4, 0.5) is 5.69 Å². The van der Waals surface area contributed by atoms with E-state index < -0.39 is 7.41 Å². The van der Waals surface area contributed by atoms with E-state index in [-0.39, 0.29) is 24.0 Å². The molecule has 0 aliphatic carbocycles. The first-order chi connectivity index (χ1) is 9.76. The quantitative estimate of drug-likeness (QED) is 0.427. The van der Waals surface area contributed by atoms with Crippen molar-refractivity contribution in [2.45, 2.75) is 59.3 Å². The molecule has 0 saturated carbocycles. The first-order valence-electron chi connectivity index (χ1n) is 8.45. The third kappa shape index (κ3) is 8.40. The summed E-state index contributed by atoms with van der Waals surface area (Å²) < 4.78 is 0. The fourth-order valence-corrected chi connectivity index (χ4v) is 7.14. The van der Waals surface area contributed by atoms with Crippen molar-refractivity contribution in [2.75, 3.05) is 23.6 Å². The van der Waals surface area contributed by atoms with Gasteiger partial charge in [0.1, 0.15) is 7.41 Å². The molecule has 0 aliphatic heterocycles. The lowest BCUT2D eigenvalue weighted by atomic mass is 10.3. The Kier molecular flexibility index (Phi) is 12.8. The van der Waals surface area contributed by atoms with E-state index in [9.17, 15) is 0 Å². The number of hydrogen-bond donors (Lipinski definition) is 1. The molecule has 1 N–H and O–H groups in total. The Balaban J connectivity index is 0.00000400. The highest BCUT2D eigenvalue weighted by atomic mass is 127. The Bertz CT molecular complexity index is 321. The largest absolute Gasteiger partial charge is 1.00 e. The van der Waals surface area contributed by atoms with Gasteiger partial charge in [-0.25, -0.2) is 0 Å². The van der Waals surface area contributed by atoms with Gasteiger partial charge in [0, 0.05) is 0 Å². The summed E-state index contributed by atoms with van der Waals surface area (Å²) in [6.45, 7) is 6.95. The number of para-hydroxylation sites is 1. The molecule has 3 heteroatoms. The molecule has 1 aromatic carbocycles. The topological polar surface area (TPSA) is 12.0 Å². The summed E-state index contributed by atoms with van der Waals surface area (Å²) in [6.07, 6.45) is 12.3. The second-order valence-corrected chi connectivity index (χ2v) is 9.71. The number of halogens is 1. The molecule has 1 aromatic rings. The van der Waals surface area contributed by atoms with E-state index in [4.69, 9.17) is 0 Å². The Hall–Kier alpha value is 0.180. The van der Waals surface area contributed by atoms with E-state index in [0.717, 1.165) is 0 Å². The summed E-state index contributed by atoms with van der Waals surface area (Å²) in [4.78, 5) is 0. The minimum Gasteiger partial charge on any atom is -1.00 e. The van der Waals surface area contributed by atoms with Crippen molar-refractivity contribution in [1.82, 2.24) is 0 Å². The molecular formula is C18H33INP. The first-order valence-corrected chi connectivity index (χ1v) is 10.8. The molecular weight excluding hydrogens is 388 g/mol. The van der Waals surface area contributed by atoms with Crippen LogP contribution in [0.3, 0.4) is 0 Å². The normalized spacial score (nSPS) is 11.0. The molecule has 0 aromatic heterocycles. The monoisotopic (exact) mass is 421 g/mol. The van der Waals surface area contributed by atoms with E-state index >= 15 is 0 Å². The smallest absolute Gasteiger partial charge is 0.102 e. The van der Waals surface area contributed by atoms with Gasteiger partial charge in [0.2, 0.25) is 0 Å². The highest BCUT2D eigenvalue weighted by Gasteiger charge is 2.35. The van der Waals surface area contributed by atoms with Crippen LogP contribution >= 0.6 is 7.41 Å². The second kappa shape index (κ2) is 12.7. The number of unbranched alkanes of at least 4 members (excludes halogenated alkanes) is 3. The van der Waals surface area contributed by atoms with Gasteiger partial charge < -0.3 is 24.0 Å². The van der Waals surface area contributed by atoms with Crippen LogP contribution in [0.2, 0.25) is 0 Å². The number of benzene rings is 1. The van der Waals surface area contributed by atoms with Gasteiger partial charge in [-0.3, -0.25) is 5.09 Å². The molecule has 0 radical (unpaired) electrons. The lowest BCUT2D eigenvalue weighted by Crippen LogP contribution is -3.00. The van der Waals surface area contributed by atoms with Gasteiger partial charge in [-0.1, -0.05) is 58.2 Å². The highest BCUT2D eigenvalue weighted by molar-refractivity contribution is 7.77. The Morgan fingerprint density at radius 1 is 0.762 bits per heavy atom. The molecule has 0 aliphatic rings. The summed E-state index contributed by atoms with van der Waals surface area (Å²) in [5.74, 6) is 0. The summed E-state index contributed by atoms with van der Waals surface area (Å²) >= 11 is 0. The third-order valence-electron chi connectivity index (χ3n) is 3.96. The predicted molar refractivity (Wildman–Crippen MR) is 96.3 cm³/mol. The molecule has 0 heterocycles. The van der Waals surface area contributed by atoms with Gasteiger partial charge in [0.05, 0.1) is 24.2 Å². The number of nitrogens with one attached hydrogen (secondary N) is 1. The summed E-state index contributed by atoms with van der Waals surface area (Å²) in [7, 11) is -1.02. The van der Waals surface area contributed by atoms with Crippen molar-refractivity contribution in [2.24, 2.45) is 0 Å². The summed E-state index contributed by atoms with van der Waals surface area (Å²) in [5, 5.41) is 4.01. The van der Waals surface area contributed by atoms with Crippen LogP contribution in [0.25, 0.3) is 0 Å². The van der Waals surface area contributed by atoms with Gasteiger partial charge in [-0.05, 0) is 31.4 Å². The van der Waals surface area contributed by atoms with Crippen LogP contribution in [-0.2, 0) is 0 Å². The average Bonchev–Trinajstić information content (AvgIpc) is 2.49. The molecule has 0 unspecified atom stereocenters.